The molecule has 1 atom stereocenters. The van der Waals surface area contributed by atoms with Gasteiger partial charge in [-0.1, -0.05) is 50.1 Å². The summed E-state index contributed by atoms with van der Waals surface area (Å²) >= 11 is 0. The minimum absolute atomic E-state index is 0.0931. The number of nitrogens with one attached hydrogen (secondary N) is 1. The van der Waals surface area contributed by atoms with Gasteiger partial charge < -0.3 is 11.1 Å². The molecule has 2 aliphatic heterocycles. The number of aromatic nitrogens is 2. The maximum Gasteiger partial charge on any atom is 0.241 e. The average molecular weight is 524 g/mol. The third kappa shape index (κ3) is 4.98. The van der Waals surface area contributed by atoms with Gasteiger partial charge in [0, 0.05) is 41.2 Å². The van der Waals surface area contributed by atoms with Crippen molar-refractivity contribution in [1.82, 2.24) is 20.2 Å². The molecule has 0 radical (unpaired) electrons. The molecule has 3 N–H and O–H groups in total. The second-order valence-corrected chi connectivity index (χ2v) is 11.5. The van der Waals surface area contributed by atoms with Crippen LogP contribution in [-0.4, -0.2) is 27.5 Å². The number of allylic oxidation sites excluding steroid dienone is 1. The Morgan fingerprint density at radius 3 is 2.51 bits per heavy atom. The van der Waals surface area contributed by atoms with Crippen LogP contribution in [0, 0.1) is 5.95 Å². The van der Waals surface area contributed by atoms with E-state index in [4.69, 9.17) is 10.7 Å². The molecule has 1 aliphatic carbocycles. The van der Waals surface area contributed by atoms with Gasteiger partial charge in [0.05, 0.1) is 0 Å². The fourth-order valence-corrected chi connectivity index (χ4v) is 6.60. The van der Waals surface area contributed by atoms with Gasteiger partial charge in [0.1, 0.15) is 11.4 Å². The molecule has 2 fully saturated rings. The van der Waals surface area contributed by atoms with E-state index >= 15 is 4.39 Å². The molecule has 1 saturated carbocycles. The Morgan fingerprint density at radius 2 is 1.74 bits per heavy atom. The molecular formula is C33H38FN5. The van der Waals surface area contributed by atoms with Gasteiger partial charge in [-0.15, -0.1) is 0 Å². The standard InChI is InChI=1S/C33H38FN5/c1-20-18-36-22(3)27-13-11-25(17-29(20)27)31-33(35)38-32(34)30(37-31)24-12-14-28(23-9-5-4-6-10-23)26(16-24)19-39-15-7-8-21(39)2/h11-14,16-18,21,23,36H,3-10,15,19H2,1-2H3,(H2,35,38). The predicted molar refractivity (Wildman–Crippen MR) is 158 cm³/mol. The number of rotatable bonds is 5. The van der Waals surface area contributed by atoms with Crippen LogP contribution in [0.2, 0.25) is 0 Å². The number of halogens is 1. The highest BCUT2D eigenvalue weighted by atomic mass is 19.1. The summed E-state index contributed by atoms with van der Waals surface area (Å²) in [5, 5.41) is 3.20. The van der Waals surface area contributed by atoms with Gasteiger partial charge in [0.25, 0.3) is 0 Å². The zero-order valence-corrected chi connectivity index (χ0v) is 23.1. The Hall–Kier alpha value is -3.51. The molecule has 3 aliphatic rings. The normalized spacial score (nSPS) is 20.0. The zero-order valence-electron chi connectivity index (χ0n) is 23.1. The number of fused-ring (bicyclic) bond motifs is 1. The fraction of sp³-hybridized carbons (Fsp3) is 0.394. The van der Waals surface area contributed by atoms with E-state index in [1.54, 1.807) is 0 Å². The molecule has 3 aromatic rings. The highest BCUT2D eigenvalue weighted by Gasteiger charge is 2.25. The number of hydrogen-bond acceptors (Lipinski definition) is 5. The van der Waals surface area contributed by atoms with Crippen LogP contribution in [0.25, 0.3) is 33.8 Å². The Morgan fingerprint density at radius 1 is 0.974 bits per heavy atom. The van der Waals surface area contributed by atoms with Crippen LogP contribution in [0.3, 0.4) is 0 Å². The van der Waals surface area contributed by atoms with Crippen molar-refractivity contribution < 1.29 is 4.39 Å². The van der Waals surface area contributed by atoms with E-state index in [1.807, 2.05) is 37.4 Å². The van der Waals surface area contributed by atoms with E-state index in [2.05, 4.69) is 40.8 Å². The van der Waals surface area contributed by atoms with Crippen molar-refractivity contribution in [3.8, 4) is 22.5 Å². The van der Waals surface area contributed by atoms with Crippen molar-refractivity contribution in [1.29, 1.82) is 0 Å². The largest absolute Gasteiger partial charge is 0.382 e. The topological polar surface area (TPSA) is 67.1 Å². The van der Waals surface area contributed by atoms with Gasteiger partial charge in [-0.3, -0.25) is 4.90 Å². The first-order valence-electron chi connectivity index (χ1n) is 14.4. The molecule has 1 unspecified atom stereocenters. The molecular weight excluding hydrogens is 485 g/mol. The van der Waals surface area contributed by atoms with Crippen molar-refractivity contribution in [2.45, 2.75) is 77.3 Å². The molecule has 2 aromatic carbocycles. The van der Waals surface area contributed by atoms with E-state index in [0.29, 0.717) is 17.7 Å². The first-order valence-corrected chi connectivity index (χ1v) is 14.4. The molecule has 39 heavy (non-hydrogen) atoms. The number of nitrogens with two attached hydrogens (primary N) is 1. The summed E-state index contributed by atoms with van der Waals surface area (Å²) < 4.78 is 15.4. The molecule has 3 heterocycles. The fourth-order valence-electron chi connectivity index (χ4n) is 6.60. The molecule has 0 spiro atoms. The first-order chi connectivity index (χ1) is 18.9. The molecule has 6 rings (SSSR count). The summed E-state index contributed by atoms with van der Waals surface area (Å²) in [5.41, 5.74) is 15.3. The molecule has 6 heteroatoms. The highest BCUT2D eigenvalue weighted by molar-refractivity contribution is 5.86. The van der Waals surface area contributed by atoms with Gasteiger partial charge in [-0.25, -0.2) is 4.98 Å². The van der Waals surface area contributed by atoms with Crippen molar-refractivity contribution in [3.05, 3.63) is 77.4 Å². The van der Waals surface area contributed by atoms with Crippen molar-refractivity contribution in [2.75, 3.05) is 12.3 Å². The van der Waals surface area contributed by atoms with Crippen LogP contribution in [0.4, 0.5) is 10.2 Å². The predicted octanol–water partition coefficient (Wildman–Crippen LogP) is 7.50. The summed E-state index contributed by atoms with van der Waals surface area (Å²) in [6.45, 7) is 10.5. The SMILES string of the molecule is C=C1NC=C(C)c2cc(-c3nc(-c4ccc(C5CCCCC5)c(CN5CCCC5C)c4)c(F)nc3N)ccc21. The second kappa shape index (κ2) is 10.6. The minimum atomic E-state index is -0.631. The van der Waals surface area contributed by atoms with Crippen LogP contribution in [0.1, 0.15) is 87.0 Å². The smallest absolute Gasteiger partial charge is 0.241 e. The van der Waals surface area contributed by atoms with Gasteiger partial charge in [-0.05, 0) is 86.4 Å². The van der Waals surface area contributed by atoms with Gasteiger partial charge in [-0.2, -0.15) is 9.37 Å². The molecule has 1 saturated heterocycles. The maximum atomic E-state index is 15.4. The Labute approximate surface area is 231 Å². The lowest BCUT2D eigenvalue weighted by atomic mass is 9.81. The quantitative estimate of drug-likeness (QED) is 0.362. The monoisotopic (exact) mass is 523 g/mol. The van der Waals surface area contributed by atoms with Crippen molar-refractivity contribution >= 4 is 17.1 Å². The van der Waals surface area contributed by atoms with Crippen LogP contribution in [0.15, 0.2) is 49.2 Å². The van der Waals surface area contributed by atoms with E-state index in [0.717, 1.165) is 46.6 Å². The lowest BCUT2D eigenvalue weighted by Crippen LogP contribution is -2.27. The van der Waals surface area contributed by atoms with Gasteiger partial charge in [0.2, 0.25) is 5.95 Å². The lowest BCUT2D eigenvalue weighted by molar-refractivity contribution is 0.258. The first kappa shape index (κ1) is 25.8. The third-order valence-corrected chi connectivity index (χ3v) is 8.91. The summed E-state index contributed by atoms with van der Waals surface area (Å²) in [6.07, 6.45) is 10.8. The average Bonchev–Trinajstić information content (AvgIpc) is 3.35. The zero-order chi connectivity index (χ0) is 27.1. The number of nitrogens with zero attached hydrogens (tertiary/aromatic N) is 3. The Balaban J connectivity index is 1.41. The number of hydrogen-bond donors (Lipinski definition) is 2. The van der Waals surface area contributed by atoms with Crippen LogP contribution in [0.5, 0.6) is 0 Å². The summed E-state index contributed by atoms with van der Waals surface area (Å²) in [4.78, 5) is 11.5. The third-order valence-electron chi connectivity index (χ3n) is 8.91. The molecule has 0 bridgehead atoms. The van der Waals surface area contributed by atoms with E-state index in [1.165, 1.54) is 56.1 Å². The summed E-state index contributed by atoms with van der Waals surface area (Å²) in [7, 11) is 0. The molecule has 1 aromatic heterocycles. The summed E-state index contributed by atoms with van der Waals surface area (Å²) in [5.74, 6) is 0.0407. The number of nitrogen functional groups attached to an aromatic ring is 1. The van der Waals surface area contributed by atoms with Crippen LogP contribution < -0.4 is 11.1 Å². The molecule has 202 valence electrons. The molecule has 5 nitrogen and oxygen atoms in total. The minimum Gasteiger partial charge on any atom is -0.382 e. The lowest BCUT2D eigenvalue weighted by Gasteiger charge is -2.28. The van der Waals surface area contributed by atoms with E-state index in [9.17, 15) is 0 Å². The van der Waals surface area contributed by atoms with E-state index < -0.39 is 5.95 Å². The van der Waals surface area contributed by atoms with Crippen molar-refractivity contribution in [2.24, 2.45) is 0 Å². The Bertz CT molecular complexity index is 1450. The second-order valence-electron chi connectivity index (χ2n) is 11.5. The van der Waals surface area contributed by atoms with Crippen LogP contribution in [-0.2, 0) is 6.54 Å². The van der Waals surface area contributed by atoms with Crippen molar-refractivity contribution in [3.63, 3.8) is 0 Å². The highest BCUT2D eigenvalue weighted by Crippen LogP contribution is 2.38. The Kier molecular flexibility index (Phi) is 6.98. The maximum absolute atomic E-state index is 15.4. The van der Waals surface area contributed by atoms with E-state index in [-0.39, 0.29) is 11.5 Å². The molecule has 0 amide bonds. The number of anilines is 1. The van der Waals surface area contributed by atoms with Gasteiger partial charge in [0.15, 0.2) is 5.82 Å². The number of benzene rings is 2. The summed E-state index contributed by atoms with van der Waals surface area (Å²) in [6, 6.07) is 13.0. The van der Waals surface area contributed by atoms with Gasteiger partial charge >= 0.3 is 0 Å². The number of likely N-dealkylation sites (tertiary alicyclic amines) is 1. The van der Waals surface area contributed by atoms with Crippen LogP contribution >= 0.6 is 0 Å².